The van der Waals surface area contributed by atoms with E-state index in [-0.39, 0.29) is 41.1 Å². The Morgan fingerprint density at radius 2 is 1.65 bits per heavy atom. The quantitative estimate of drug-likeness (QED) is 0.160. The number of carbonyl (C=O) groups is 2. The number of nitriles is 1. The van der Waals surface area contributed by atoms with Crippen LogP contribution in [0.1, 0.15) is 12.5 Å². The van der Waals surface area contributed by atoms with E-state index in [1.54, 1.807) is 19.1 Å². The van der Waals surface area contributed by atoms with Crippen LogP contribution in [0.25, 0.3) is 6.08 Å². The van der Waals surface area contributed by atoms with Gasteiger partial charge in [-0.3, -0.25) is 9.59 Å². The molecule has 0 saturated heterocycles. The number of nitrogens with one attached hydrogen (secondary N) is 2. The Morgan fingerprint density at radius 1 is 0.946 bits per heavy atom. The summed E-state index contributed by atoms with van der Waals surface area (Å²) in [7, 11) is 0. The smallest absolute Gasteiger partial charge is 0.266 e. The highest BCUT2D eigenvalue weighted by molar-refractivity contribution is 6.42. The average Bonchev–Trinajstić information content (AvgIpc) is 2.85. The van der Waals surface area contributed by atoms with Crippen molar-refractivity contribution in [2.75, 3.05) is 23.8 Å². The van der Waals surface area contributed by atoms with E-state index in [1.807, 2.05) is 6.07 Å². The number of carbonyl (C=O) groups excluding carboxylic acids is 2. The first-order chi connectivity index (χ1) is 17.7. The second-order valence-corrected chi connectivity index (χ2v) is 8.62. The summed E-state index contributed by atoms with van der Waals surface area (Å²) in [5.41, 5.74) is 1.05. The van der Waals surface area contributed by atoms with Crippen molar-refractivity contribution >= 4 is 64.1 Å². The molecule has 3 N–H and O–H groups in total. The molecular formula is C26H20Cl3N3O5. The molecule has 0 heterocycles. The fourth-order valence-corrected chi connectivity index (χ4v) is 3.61. The highest BCUT2D eigenvalue weighted by Gasteiger charge is 2.16. The molecule has 0 radical (unpaired) electrons. The number of aromatic hydroxyl groups is 1. The van der Waals surface area contributed by atoms with Crippen molar-refractivity contribution < 1.29 is 24.2 Å². The summed E-state index contributed by atoms with van der Waals surface area (Å²) in [5.74, 6) is -0.738. The standard InChI is InChI=1S/C26H20Cl3N3O5/c1-2-36-23-11-15(9-16(13-30)26(35)32-17-3-6-19(33)7-4-17)10-22(29)25(23)37-14-24(34)31-18-5-8-20(27)21(28)12-18/h3-12,33H,2,14H2,1H3,(H,31,34)(H,32,35)/b16-9+. The van der Waals surface area contributed by atoms with Crippen molar-refractivity contribution in [3.8, 4) is 23.3 Å². The van der Waals surface area contributed by atoms with Gasteiger partial charge < -0.3 is 25.2 Å². The number of nitrogens with zero attached hydrogens (tertiary/aromatic N) is 1. The number of benzene rings is 3. The van der Waals surface area contributed by atoms with Crippen LogP contribution >= 0.6 is 34.8 Å². The SMILES string of the molecule is CCOc1cc(/C=C(\C#N)C(=O)Nc2ccc(O)cc2)cc(Cl)c1OCC(=O)Nc1ccc(Cl)c(Cl)c1. The van der Waals surface area contributed by atoms with Crippen LogP contribution in [0, 0.1) is 11.3 Å². The van der Waals surface area contributed by atoms with Crippen molar-refractivity contribution in [2.24, 2.45) is 0 Å². The summed E-state index contributed by atoms with van der Waals surface area (Å²) in [6.45, 7) is 1.64. The zero-order valence-corrected chi connectivity index (χ0v) is 21.6. The lowest BCUT2D eigenvalue weighted by molar-refractivity contribution is -0.118. The number of rotatable bonds is 9. The predicted octanol–water partition coefficient (Wildman–Crippen LogP) is 6.31. The summed E-state index contributed by atoms with van der Waals surface area (Å²) in [6.07, 6.45) is 1.34. The predicted molar refractivity (Wildman–Crippen MR) is 144 cm³/mol. The van der Waals surface area contributed by atoms with Crippen LogP contribution in [0.5, 0.6) is 17.2 Å². The van der Waals surface area contributed by atoms with Crippen LogP contribution in [0.2, 0.25) is 15.1 Å². The summed E-state index contributed by atoms with van der Waals surface area (Å²) >= 11 is 18.2. The molecule has 3 aromatic rings. The van der Waals surface area contributed by atoms with Crippen LogP contribution in [0.3, 0.4) is 0 Å². The van der Waals surface area contributed by atoms with Crippen LogP contribution in [0.15, 0.2) is 60.2 Å². The van der Waals surface area contributed by atoms with Crippen molar-refractivity contribution in [1.82, 2.24) is 0 Å². The van der Waals surface area contributed by atoms with E-state index >= 15 is 0 Å². The molecule has 0 unspecified atom stereocenters. The summed E-state index contributed by atoms with van der Waals surface area (Å²) < 4.78 is 11.2. The lowest BCUT2D eigenvalue weighted by Crippen LogP contribution is -2.20. The number of anilines is 2. The zero-order chi connectivity index (χ0) is 26.9. The van der Waals surface area contributed by atoms with E-state index in [9.17, 15) is 20.0 Å². The first-order valence-corrected chi connectivity index (χ1v) is 11.9. The molecule has 0 spiro atoms. The second-order valence-electron chi connectivity index (χ2n) is 7.40. The Bertz CT molecular complexity index is 1390. The van der Waals surface area contributed by atoms with Crippen molar-refractivity contribution in [1.29, 1.82) is 5.26 Å². The minimum Gasteiger partial charge on any atom is -0.508 e. The number of amides is 2. The number of halogens is 3. The van der Waals surface area contributed by atoms with Gasteiger partial charge in [0, 0.05) is 11.4 Å². The molecule has 11 heteroatoms. The molecule has 0 aliphatic heterocycles. The van der Waals surface area contributed by atoms with E-state index < -0.39 is 11.8 Å². The van der Waals surface area contributed by atoms with Crippen molar-refractivity contribution in [3.05, 3.63) is 80.8 Å². The monoisotopic (exact) mass is 559 g/mol. The highest BCUT2D eigenvalue weighted by Crippen LogP contribution is 2.37. The third kappa shape index (κ3) is 7.79. The third-order valence-electron chi connectivity index (χ3n) is 4.68. The van der Waals surface area contributed by atoms with Gasteiger partial charge in [-0.15, -0.1) is 0 Å². The number of hydrogen-bond acceptors (Lipinski definition) is 6. The number of phenolic OH excluding ortho intramolecular Hbond substituents is 1. The second kappa shape index (κ2) is 12.9. The maximum absolute atomic E-state index is 12.5. The number of ether oxygens (including phenoxy) is 2. The average molecular weight is 561 g/mol. The van der Waals surface area contributed by atoms with Crippen LogP contribution in [-0.4, -0.2) is 30.1 Å². The summed E-state index contributed by atoms with van der Waals surface area (Å²) in [5, 5.41) is 24.8. The molecular weight excluding hydrogens is 541 g/mol. The van der Waals surface area contributed by atoms with Gasteiger partial charge in [-0.1, -0.05) is 34.8 Å². The first kappa shape index (κ1) is 27.7. The third-order valence-corrected chi connectivity index (χ3v) is 5.70. The fourth-order valence-electron chi connectivity index (χ4n) is 3.04. The minimum absolute atomic E-state index is 0.0429. The molecule has 37 heavy (non-hydrogen) atoms. The number of hydrogen-bond donors (Lipinski definition) is 3. The lowest BCUT2D eigenvalue weighted by Gasteiger charge is -2.15. The minimum atomic E-state index is -0.651. The van der Waals surface area contributed by atoms with Crippen LogP contribution in [-0.2, 0) is 9.59 Å². The van der Waals surface area contributed by atoms with Crippen LogP contribution < -0.4 is 20.1 Å². The van der Waals surface area contributed by atoms with E-state index in [2.05, 4.69) is 10.6 Å². The molecule has 3 aromatic carbocycles. The molecule has 0 fully saturated rings. The molecule has 0 saturated carbocycles. The van der Waals surface area contributed by atoms with Gasteiger partial charge in [-0.05, 0) is 73.2 Å². The highest BCUT2D eigenvalue weighted by atomic mass is 35.5. The normalized spacial score (nSPS) is 10.8. The fraction of sp³-hybridized carbons (Fsp3) is 0.115. The molecule has 0 bridgehead atoms. The van der Waals surface area contributed by atoms with Gasteiger partial charge in [0.1, 0.15) is 17.4 Å². The van der Waals surface area contributed by atoms with Gasteiger partial charge in [0.15, 0.2) is 18.1 Å². The zero-order valence-electron chi connectivity index (χ0n) is 19.3. The molecule has 190 valence electrons. The van der Waals surface area contributed by atoms with E-state index in [0.29, 0.717) is 27.0 Å². The Balaban J connectivity index is 1.76. The largest absolute Gasteiger partial charge is 0.508 e. The number of phenols is 1. The Morgan fingerprint density at radius 3 is 2.30 bits per heavy atom. The maximum Gasteiger partial charge on any atom is 0.266 e. The van der Waals surface area contributed by atoms with Crippen LogP contribution in [0.4, 0.5) is 11.4 Å². The Hall–Kier alpha value is -3.90. The molecule has 0 aromatic heterocycles. The van der Waals surface area contributed by atoms with Gasteiger partial charge in [-0.25, -0.2) is 0 Å². The lowest BCUT2D eigenvalue weighted by atomic mass is 10.1. The van der Waals surface area contributed by atoms with Gasteiger partial charge in [0.05, 0.1) is 21.7 Å². The van der Waals surface area contributed by atoms with Gasteiger partial charge in [0.2, 0.25) is 0 Å². The first-order valence-electron chi connectivity index (χ1n) is 10.8. The van der Waals surface area contributed by atoms with E-state index in [4.69, 9.17) is 44.3 Å². The van der Waals surface area contributed by atoms with Gasteiger partial charge in [-0.2, -0.15) is 5.26 Å². The molecule has 3 rings (SSSR count). The topological polar surface area (TPSA) is 121 Å². The van der Waals surface area contributed by atoms with E-state index in [1.165, 1.54) is 48.5 Å². The van der Waals surface area contributed by atoms with Crippen molar-refractivity contribution in [2.45, 2.75) is 6.92 Å². The Kier molecular flexibility index (Phi) is 9.64. The molecule has 0 atom stereocenters. The maximum atomic E-state index is 12.5. The molecule has 0 aliphatic carbocycles. The van der Waals surface area contributed by atoms with Gasteiger partial charge in [0.25, 0.3) is 11.8 Å². The Labute approximate surface area is 228 Å². The summed E-state index contributed by atoms with van der Waals surface area (Å²) in [6, 6.07) is 15.3. The summed E-state index contributed by atoms with van der Waals surface area (Å²) in [4.78, 5) is 24.9. The van der Waals surface area contributed by atoms with Crippen molar-refractivity contribution in [3.63, 3.8) is 0 Å². The van der Waals surface area contributed by atoms with Gasteiger partial charge >= 0.3 is 0 Å². The van der Waals surface area contributed by atoms with E-state index in [0.717, 1.165) is 0 Å². The molecule has 8 nitrogen and oxygen atoms in total. The molecule has 0 aliphatic rings. The molecule has 2 amide bonds.